The molecule has 0 spiro atoms. The molecule has 2 unspecified atom stereocenters. The third-order valence-electron chi connectivity index (χ3n) is 4.51. The standard InChI is InChI=1S/C17H25N3O4S/c1-17(2,3)24-16(21)20-9-8-19(10-13-6-4-5-7-18-13)14-11-25(22,23)12-15(14)20/h4-7,14-15H,8-12H2,1-3H3. The lowest BCUT2D eigenvalue weighted by molar-refractivity contribution is -0.0107. The monoisotopic (exact) mass is 367 g/mol. The van der Waals surface area contributed by atoms with Gasteiger partial charge in [0.1, 0.15) is 5.60 Å². The lowest BCUT2D eigenvalue weighted by Gasteiger charge is -2.43. The average Bonchev–Trinajstić information content (AvgIpc) is 2.82. The number of piperazine rings is 1. The quantitative estimate of drug-likeness (QED) is 0.784. The summed E-state index contributed by atoms with van der Waals surface area (Å²) in [6.45, 7) is 7.08. The molecule has 1 amide bonds. The summed E-state index contributed by atoms with van der Waals surface area (Å²) >= 11 is 0. The summed E-state index contributed by atoms with van der Waals surface area (Å²) in [7, 11) is -3.18. The minimum absolute atomic E-state index is 0.00434. The van der Waals surface area contributed by atoms with E-state index in [1.807, 2.05) is 39.0 Å². The first kappa shape index (κ1) is 18.1. The van der Waals surface area contributed by atoms with Crippen molar-refractivity contribution >= 4 is 15.9 Å². The molecule has 1 aromatic rings. The largest absolute Gasteiger partial charge is 0.444 e. The van der Waals surface area contributed by atoms with E-state index in [1.54, 1.807) is 11.1 Å². The molecule has 2 saturated heterocycles. The van der Waals surface area contributed by atoms with Crippen molar-refractivity contribution in [1.29, 1.82) is 0 Å². The highest BCUT2D eigenvalue weighted by molar-refractivity contribution is 7.91. The Morgan fingerprint density at radius 2 is 1.96 bits per heavy atom. The van der Waals surface area contributed by atoms with Crippen LogP contribution in [0, 0.1) is 0 Å². The van der Waals surface area contributed by atoms with Gasteiger partial charge in [-0.15, -0.1) is 0 Å². The van der Waals surface area contributed by atoms with E-state index in [9.17, 15) is 13.2 Å². The second-order valence-corrected chi connectivity index (χ2v) is 9.83. The van der Waals surface area contributed by atoms with Gasteiger partial charge < -0.3 is 9.64 Å². The molecule has 0 radical (unpaired) electrons. The molecular weight excluding hydrogens is 342 g/mol. The number of hydrogen-bond donors (Lipinski definition) is 0. The van der Waals surface area contributed by atoms with Gasteiger partial charge in [-0.3, -0.25) is 9.88 Å². The highest BCUT2D eigenvalue weighted by Gasteiger charge is 2.48. The topological polar surface area (TPSA) is 79.8 Å². The zero-order valence-electron chi connectivity index (χ0n) is 14.9. The minimum Gasteiger partial charge on any atom is -0.444 e. The van der Waals surface area contributed by atoms with Gasteiger partial charge in [-0.25, -0.2) is 13.2 Å². The van der Waals surface area contributed by atoms with Crippen LogP contribution in [0.25, 0.3) is 0 Å². The summed E-state index contributed by atoms with van der Waals surface area (Å²) in [4.78, 5) is 20.6. The fourth-order valence-corrected chi connectivity index (χ4v) is 5.48. The maximum Gasteiger partial charge on any atom is 0.410 e. The van der Waals surface area contributed by atoms with Crippen LogP contribution in [-0.4, -0.2) is 71.6 Å². The van der Waals surface area contributed by atoms with E-state index in [1.165, 1.54) is 0 Å². The molecule has 3 heterocycles. The zero-order valence-corrected chi connectivity index (χ0v) is 15.7. The number of pyridine rings is 1. The Morgan fingerprint density at radius 1 is 1.24 bits per heavy atom. The Balaban J connectivity index is 1.79. The van der Waals surface area contributed by atoms with Crippen LogP contribution in [0.4, 0.5) is 4.79 Å². The van der Waals surface area contributed by atoms with E-state index < -0.39 is 21.5 Å². The summed E-state index contributed by atoms with van der Waals surface area (Å²) in [5.74, 6) is 0.0689. The third kappa shape index (κ3) is 4.30. The number of rotatable bonds is 2. The van der Waals surface area contributed by atoms with Crippen LogP contribution in [0.5, 0.6) is 0 Å². The summed E-state index contributed by atoms with van der Waals surface area (Å²) in [5.41, 5.74) is 0.297. The molecule has 3 rings (SSSR count). The van der Waals surface area contributed by atoms with Gasteiger partial charge in [-0.05, 0) is 32.9 Å². The molecule has 7 nitrogen and oxygen atoms in total. The van der Waals surface area contributed by atoms with Gasteiger partial charge in [0.2, 0.25) is 0 Å². The summed E-state index contributed by atoms with van der Waals surface area (Å²) < 4.78 is 29.9. The van der Waals surface area contributed by atoms with Crippen LogP contribution in [0.2, 0.25) is 0 Å². The molecule has 0 saturated carbocycles. The Hall–Kier alpha value is -1.67. The van der Waals surface area contributed by atoms with Crippen molar-refractivity contribution in [2.45, 2.75) is 45.0 Å². The highest BCUT2D eigenvalue weighted by Crippen LogP contribution is 2.29. The van der Waals surface area contributed by atoms with E-state index in [-0.39, 0.29) is 23.6 Å². The Labute approximate surface area is 148 Å². The van der Waals surface area contributed by atoms with Crippen LogP contribution >= 0.6 is 0 Å². The highest BCUT2D eigenvalue weighted by atomic mass is 32.2. The molecule has 2 atom stereocenters. The first-order valence-electron chi connectivity index (χ1n) is 8.49. The number of nitrogens with zero attached hydrogens (tertiary/aromatic N) is 3. The number of hydrogen-bond acceptors (Lipinski definition) is 6. The van der Waals surface area contributed by atoms with Gasteiger partial charge in [0.15, 0.2) is 9.84 Å². The van der Waals surface area contributed by atoms with E-state index in [0.29, 0.717) is 19.6 Å². The van der Waals surface area contributed by atoms with Crippen LogP contribution in [0.15, 0.2) is 24.4 Å². The van der Waals surface area contributed by atoms with E-state index in [0.717, 1.165) is 5.69 Å². The molecule has 0 bridgehead atoms. The Morgan fingerprint density at radius 3 is 2.60 bits per heavy atom. The second-order valence-electron chi connectivity index (χ2n) is 7.68. The molecule has 0 aromatic carbocycles. The predicted octanol–water partition coefficient (Wildman–Crippen LogP) is 1.30. The molecule has 0 aliphatic carbocycles. The van der Waals surface area contributed by atoms with Gasteiger partial charge in [0.05, 0.1) is 23.2 Å². The maximum absolute atomic E-state index is 12.5. The van der Waals surface area contributed by atoms with Crippen LogP contribution in [-0.2, 0) is 21.1 Å². The van der Waals surface area contributed by atoms with Crippen molar-refractivity contribution in [1.82, 2.24) is 14.8 Å². The molecule has 1 aromatic heterocycles. The molecule has 2 fully saturated rings. The smallest absolute Gasteiger partial charge is 0.410 e. The number of carbonyl (C=O) groups is 1. The number of amides is 1. The summed E-state index contributed by atoms with van der Waals surface area (Å²) in [6.07, 6.45) is 1.30. The number of sulfone groups is 1. The first-order valence-corrected chi connectivity index (χ1v) is 10.3. The first-order chi connectivity index (χ1) is 11.6. The van der Waals surface area contributed by atoms with Crippen molar-refractivity contribution in [2.24, 2.45) is 0 Å². The molecular formula is C17H25N3O4S. The number of ether oxygens (including phenoxy) is 1. The maximum atomic E-state index is 12.5. The van der Waals surface area contributed by atoms with E-state index in [2.05, 4.69) is 9.88 Å². The second kappa shape index (κ2) is 6.57. The SMILES string of the molecule is CC(C)(C)OC(=O)N1CCN(Cc2ccccn2)C2CS(=O)(=O)CC21. The molecule has 2 aliphatic rings. The average molecular weight is 367 g/mol. The van der Waals surface area contributed by atoms with Gasteiger partial charge in [0.25, 0.3) is 0 Å². The molecule has 8 heteroatoms. The fourth-order valence-electron chi connectivity index (χ4n) is 3.47. The van der Waals surface area contributed by atoms with Crippen molar-refractivity contribution in [3.63, 3.8) is 0 Å². The Bertz CT molecular complexity index is 730. The lowest BCUT2D eigenvalue weighted by Crippen LogP contribution is -2.60. The minimum atomic E-state index is -3.18. The molecule has 2 aliphatic heterocycles. The van der Waals surface area contributed by atoms with Gasteiger partial charge in [-0.2, -0.15) is 0 Å². The fraction of sp³-hybridized carbons (Fsp3) is 0.647. The molecule has 138 valence electrons. The molecule has 25 heavy (non-hydrogen) atoms. The summed E-state index contributed by atoms with van der Waals surface area (Å²) in [6, 6.07) is 5.12. The van der Waals surface area contributed by atoms with Crippen molar-refractivity contribution in [3.05, 3.63) is 30.1 Å². The van der Waals surface area contributed by atoms with Crippen molar-refractivity contribution < 1.29 is 17.9 Å². The van der Waals surface area contributed by atoms with Crippen LogP contribution in [0.3, 0.4) is 0 Å². The van der Waals surface area contributed by atoms with E-state index in [4.69, 9.17) is 4.74 Å². The van der Waals surface area contributed by atoms with Crippen LogP contribution in [0.1, 0.15) is 26.5 Å². The van der Waals surface area contributed by atoms with Gasteiger partial charge in [0, 0.05) is 31.9 Å². The van der Waals surface area contributed by atoms with E-state index >= 15 is 0 Å². The Kier molecular flexibility index (Phi) is 4.76. The molecule has 0 N–H and O–H groups in total. The summed E-state index contributed by atoms with van der Waals surface area (Å²) in [5, 5.41) is 0. The van der Waals surface area contributed by atoms with Crippen LogP contribution < -0.4 is 0 Å². The number of fused-ring (bicyclic) bond motifs is 1. The van der Waals surface area contributed by atoms with Gasteiger partial charge in [-0.1, -0.05) is 6.07 Å². The van der Waals surface area contributed by atoms with Gasteiger partial charge >= 0.3 is 6.09 Å². The predicted molar refractivity (Wildman–Crippen MR) is 93.8 cm³/mol. The van der Waals surface area contributed by atoms with Crippen molar-refractivity contribution in [3.8, 4) is 0 Å². The zero-order chi connectivity index (χ0) is 18.2. The number of aromatic nitrogens is 1. The normalized spacial score (nSPS) is 26.3. The third-order valence-corrected chi connectivity index (χ3v) is 6.21. The number of carbonyl (C=O) groups excluding carboxylic acids is 1. The van der Waals surface area contributed by atoms with Crippen molar-refractivity contribution in [2.75, 3.05) is 24.6 Å². The lowest BCUT2D eigenvalue weighted by atomic mass is 10.0.